The molecule has 0 aliphatic rings. The van der Waals surface area contributed by atoms with Crippen molar-refractivity contribution in [2.75, 3.05) is 10.6 Å². The van der Waals surface area contributed by atoms with E-state index in [1.807, 2.05) is 30.3 Å². The number of hydrogen-bond acceptors (Lipinski definition) is 4. The van der Waals surface area contributed by atoms with Gasteiger partial charge < -0.3 is 15.4 Å². The molecule has 3 aromatic rings. The molecule has 2 N–H and O–H groups in total. The Morgan fingerprint density at radius 2 is 1.38 bits per heavy atom. The fourth-order valence-electron chi connectivity index (χ4n) is 3.22. The summed E-state index contributed by atoms with van der Waals surface area (Å²) in [7, 11) is 0. The topological polar surface area (TPSA) is 84.5 Å². The second kappa shape index (κ2) is 10.9. The van der Waals surface area contributed by atoms with Gasteiger partial charge in [-0.2, -0.15) is 0 Å². The molecule has 3 rings (SSSR count). The first kappa shape index (κ1) is 22.7. The summed E-state index contributed by atoms with van der Waals surface area (Å²) < 4.78 is 5.43. The van der Waals surface area contributed by atoms with E-state index in [0.29, 0.717) is 23.4 Å². The van der Waals surface area contributed by atoms with Gasteiger partial charge in [0, 0.05) is 18.3 Å². The van der Waals surface area contributed by atoms with Crippen LogP contribution < -0.4 is 10.6 Å². The van der Waals surface area contributed by atoms with Crippen molar-refractivity contribution in [3.05, 3.63) is 95.6 Å². The van der Waals surface area contributed by atoms with Crippen molar-refractivity contribution in [2.45, 2.75) is 32.8 Å². The Bertz CT molecular complexity index is 1080. The van der Waals surface area contributed by atoms with Gasteiger partial charge in [-0.25, -0.2) is 4.79 Å². The normalized spacial score (nSPS) is 11.3. The highest BCUT2D eigenvalue weighted by molar-refractivity contribution is 5.98. The van der Waals surface area contributed by atoms with Crippen LogP contribution in [0.5, 0.6) is 0 Å². The molecule has 0 fully saturated rings. The third kappa shape index (κ3) is 6.54. The number of nitrogens with one attached hydrogen (secondary N) is 2. The molecular formula is C26H26N2O4. The monoisotopic (exact) mass is 430 g/mol. The molecule has 0 aliphatic heterocycles. The quantitative estimate of drug-likeness (QED) is 0.511. The fourth-order valence-corrected chi connectivity index (χ4v) is 3.22. The molecule has 32 heavy (non-hydrogen) atoms. The zero-order valence-electron chi connectivity index (χ0n) is 18.1. The summed E-state index contributed by atoms with van der Waals surface area (Å²) in [6, 6.07) is 24.0. The minimum absolute atomic E-state index is 0.175. The van der Waals surface area contributed by atoms with Crippen molar-refractivity contribution in [1.29, 1.82) is 0 Å². The van der Waals surface area contributed by atoms with Crippen LogP contribution in [0.3, 0.4) is 0 Å². The number of carbonyl (C=O) groups is 3. The molecule has 0 radical (unpaired) electrons. The van der Waals surface area contributed by atoms with Crippen molar-refractivity contribution in [1.82, 2.24) is 0 Å². The van der Waals surface area contributed by atoms with Gasteiger partial charge in [-0.3, -0.25) is 9.59 Å². The smallest absolute Gasteiger partial charge is 0.339 e. The van der Waals surface area contributed by atoms with E-state index in [1.165, 1.54) is 19.4 Å². The highest BCUT2D eigenvalue weighted by atomic mass is 16.5. The molecule has 1 unspecified atom stereocenters. The van der Waals surface area contributed by atoms with Crippen LogP contribution in [0, 0.1) is 0 Å². The first-order valence-corrected chi connectivity index (χ1v) is 10.4. The van der Waals surface area contributed by atoms with E-state index >= 15 is 0 Å². The predicted octanol–water partition coefficient (Wildman–Crippen LogP) is 4.61. The zero-order chi connectivity index (χ0) is 22.9. The Labute approximate surface area is 187 Å². The number of hydrogen-bond donors (Lipinski definition) is 2. The Morgan fingerprint density at radius 1 is 0.781 bits per heavy atom. The van der Waals surface area contributed by atoms with Crippen LogP contribution in [0.25, 0.3) is 0 Å². The fraction of sp³-hybridized carbons (Fsp3) is 0.192. The van der Waals surface area contributed by atoms with E-state index < -0.39 is 18.0 Å². The molecule has 0 heterocycles. The highest BCUT2D eigenvalue weighted by Gasteiger charge is 2.21. The van der Waals surface area contributed by atoms with Crippen LogP contribution >= 0.6 is 0 Å². The van der Waals surface area contributed by atoms with Gasteiger partial charge in [0.15, 0.2) is 6.10 Å². The average Bonchev–Trinajstić information content (AvgIpc) is 2.79. The van der Waals surface area contributed by atoms with Crippen LogP contribution in [0.4, 0.5) is 11.4 Å². The predicted molar refractivity (Wildman–Crippen MR) is 125 cm³/mol. The van der Waals surface area contributed by atoms with E-state index in [2.05, 4.69) is 22.8 Å². The molecule has 0 spiro atoms. The summed E-state index contributed by atoms with van der Waals surface area (Å²) in [5.74, 6) is -1.14. The lowest BCUT2D eigenvalue weighted by atomic mass is 10.00. The SMILES string of the molecule is CC(=O)Nc1ccc(NC(=O)C(C)OC(=O)c2ccccc2CCc2ccccc2)cc1. The van der Waals surface area contributed by atoms with Crippen molar-refractivity contribution in [2.24, 2.45) is 0 Å². The molecule has 0 saturated carbocycles. The van der Waals surface area contributed by atoms with Gasteiger partial charge in [-0.1, -0.05) is 48.5 Å². The van der Waals surface area contributed by atoms with E-state index in [0.717, 1.165) is 12.0 Å². The second-order valence-corrected chi connectivity index (χ2v) is 7.44. The lowest BCUT2D eigenvalue weighted by molar-refractivity contribution is -0.123. The summed E-state index contributed by atoms with van der Waals surface area (Å²) in [5, 5.41) is 5.37. The van der Waals surface area contributed by atoms with E-state index in [4.69, 9.17) is 4.74 Å². The van der Waals surface area contributed by atoms with Gasteiger partial charge in [0.05, 0.1) is 5.56 Å². The maximum Gasteiger partial charge on any atom is 0.339 e. The van der Waals surface area contributed by atoms with Crippen LogP contribution in [0.1, 0.15) is 35.3 Å². The van der Waals surface area contributed by atoms with Gasteiger partial charge in [-0.15, -0.1) is 0 Å². The molecule has 0 aliphatic carbocycles. The second-order valence-electron chi connectivity index (χ2n) is 7.44. The van der Waals surface area contributed by atoms with Crippen LogP contribution in [0.15, 0.2) is 78.9 Å². The number of esters is 1. The standard InChI is InChI=1S/C26H26N2O4/c1-18(25(30)28-23-16-14-22(15-17-23)27-19(2)29)32-26(31)24-11-7-6-10-21(24)13-12-20-8-4-3-5-9-20/h3-11,14-18H,12-13H2,1-2H3,(H,27,29)(H,28,30). The van der Waals surface area contributed by atoms with Crippen molar-refractivity contribution in [3.63, 3.8) is 0 Å². The van der Waals surface area contributed by atoms with Crippen molar-refractivity contribution in [3.8, 4) is 0 Å². The molecule has 3 aromatic carbocycles. The highest BCUT2D eigenvalue weighted by Crippen LogP contribution is 2.17. The van der Waals surface area contributed by atoms with E-state index in [-0.39, 0.29) is 5.91 Å². The van der Waals surface area contributed by atoms with E-state index in [9.17, 15) is 14.4 Å². The number of carbonyl (C=O) groups excluding carboxylic acids is 3. The Kier molecular flexibility index (Phi) is 7.75. The number of ether oxygens (including phenoxy) is 1. The summed E-state index contributed by atoms with van der Waals surface area (Å²) in [6.07, 6.45) is 0.520. The third-order valence-corrected chi connectivity index (χ3v) is 4.89. The van der Waals surface area contributed by atoms with E-state index in [1.54, 1.807) is 36.4 Å². The average molecular weight is 431 g/mol. The van der Waals surface area contributed by atoms with Gasteiger partial charge in [0.1, 0.15) is 0 Å². The first-order chi connectivity index (χ1) is 15.4. The number of benzene rings is 3. The number of aryl methyl sites for hydroxylation is 2. The van der Waals surface area contributed by atoms with Gasteiger partial charge >= 0.3 is 5.97 Å². The van der Waals surface area contributed by atoms with Gasteiger partial charge in [-0.05, 0) is 61.2 Å². The third-order valence-electron chi connectivity index (χ3n) is 4.89. The maximum atomic E-state index is 12.7. The molecular weight excluding hydrogens is 404 g/mol. The van der Waals surface area contributed by atoms with Crippen molar-refractivity contribution < 1.29 is 19.1 Å². The molecule has 2 amide bonds. The maximum absolute atomic E-state index is 12.7. The minimum atomic E-state index is -0.972. The largest absolute Gasteiger partial charge is 0.449 e. The molecule has 164 valence electrons. The Balaban J connectivity index is 1.59. The molecule has 6 heteroatoms. The van der Waals surface area contributed by atoms with Gasteiger partial charge in [0.25, 0.3) is 5.91 Å². The molecule has 0 bridgehead atoms. The first-order valence-electron chi connectivity index (χ1n) is 10.4. The lowest BCUT2D eigenvalue weighted by Gasteiger charge is -2.15. The van der Waals surface area contributed by atoms with Gasteiger partial charge in [0.2, 0.25) is 5.91 Å². The summed E-state index contributed by atoms with van der Waals surface area (Å²) >= 11 is 0. The Morgan fingerprint density at radius 3 is 2.03 bits per heavy atom. The summed E-state index contributed by atoms with van der Waals surface area (Å²) in [4.78, 5) is 36.3. The lowest BCUT2D eigenvalue weighted by Crippen LogP contribution is -2.30. The summed E-state index contributed by atoms with van der Waals surface area (Å²) in [5.41, 5.74) is 3.69. The zero-order valence-corrected chi connectivity index (χ0v) is 18.1. The van der Waals surface area contributed by atoms with Crippen LogP contribution in [-0.2, 0) is 27.2 Å². The molecule has 0 aromatic heterocycles. The molecule has 6 nitrogen and oxygen atoms in total. The molecule has 1 atom stereocenters. The van der Waals surface area contributed by atoms with Crippen LogP contribution in [-0.4, -0.2) is 23.9 Å². The number of rotatable bonds is 8. The van der Waals surface area contributed by atoms with Crippen LogP contribution in [0.2, 0.25) is 0 Å². The Hall–Kier alpha value is -3.93. The molecule has 0 saturated heterocycles. The van der Waals surface area contributed by atoms with Crippen molar-refractivity contribution >= 4 is 29.2 Å². The number of anilines is 2. The summed E-state index contributed by atoms with van der Waals surface area (Å²) in [6.45, 7) is 2.96. The number of amides is 2. The minimum Gasteiger partial charge on any atom is -0.449 e.